The summed E-state index contributed by atoms with van der Waals surface area (Å²) in [6.07, 6.45) is 1.80. The van der Waals surface area contributed by atoms with Crippen LogP contribution in [0.5, 0.6) is 11.5 Å². The first kappa shape index (κ1) is 14.9. The van der Waals surface area contributed by atoms with Crippen LogP contribution in [0.4, 0.5) is 5.69 Å². The van der Waals surface area contributed by atoms with E-state index in [0.29, 0.717) is 17.9 Å². The van der Waals surface area contributed by atoms with Crippen LogP contribution in [0.25, 0.3) is 11.6 Å². The zero-order valence-corrected chi connectivity index (χ0v) is 14.0. The fraction of sp³-hybridized carbons (Fsp3) is 0.118. The molecule has 2 N–H and O–H groups in total. The molecule has 3 rings (SSSR count). The molecule has 2 aromatic carbocycles. The van der Waals surface area contributed by atoms with Crippen molar-refractivity contribution in [3.63, 3.8) is 0 Å². The third-order valence-electron chi connectivity index (χ3n) is 3.36. The van der Waals surface area contributed by atoms with E-state index in [1.54, 1.807) is 24.3 Å². The quantitative estimate of drug-likeness (QED) is 0.600. The van der Waals surface area contributed by atoms with Crippen molar-refractivity contribution in [2.45, 2.75) is 6.92 Å². The number of carbonyl (C=O) groups excluding carboxylic acids is 1. The van der Waals surface area contributed by atoms with Crippen LogP contribution >= 0.6 is 22.6 Å². The van der Waals surface area contributed by atoms with Gasteiger partial charge in [-0.1, -0.05) is 6.07 Å². The Morgan fingerprint density at radius 3 is 2.86 bits per heavy atom. The minimum absolute atomic E-state index is 0.0924. The first-order valence-electron chi connectivity index (χ1n) is 6.87. The standard InChI is InChI=1S/C17H14INO3/c1-2-22-16-8-10(3-6-15(16)20)7-13-12-9-11(18)4-5-14(12)19-17(13)21/h3-9,20H,2H2,1H3,(H,19,21). The largest absolute Gasteiger partial charge is 0.504 e. The minimum Gasteiger partial charge on any atom is -0.504 e. The highest BCUT2D eigenvalue weighted by molar-refractivity contribution is 14.1. The Balaban J connectivity index is 2.04. The second-order valence-electron chi connectivity index (χ2n) is 4.86. The van der Waals surface area contributed by atoms with Crippen molar-refractivity contribution >= 4 is 45.8 Å². The lowest BCUT2D eigenvalue weighted by molar-refractivity contribution is -0.110. The van der Waals surface area contributed by atoms with Gasteiger partial charge in [-0.15, -0.1) is 0 Å². The summed E-state index contributed by atoms with van der Waals surface area (Å²) in [7, 11) is 0. The lowest BCUT2D eigenvalue weighted by Crippen LogP contribution is -2.03. The van der Waals surface area contributed by atoms with Crippen molar-refractivity contribution in [2.24, 2.45) is 0 Å². The number of carbonyl (C=O) groups is 1. The van der Waals surface area contributed by atoms with Crippen molar-refractivity contribution in [3.05, 3.63) is 51.1 Å². The number of hydrogen-bond acceptors (Lipinski definition) is 3. The number of aromatic hydroxyl groups is 1. The number of fused-ring (bicyclic) bond motifs is 1. The molecule has 4 nitrogen and oxygen atoms in total. The summed E-state index contributed by atoms with van der Waals surface area (Å²) >= 11 is 2.22. The van der Waals surface area contributed by atoms with Crippen LogP contribution in [0, 0.1) is 3.57 Å². The van der Waals surface area contributed by atoms with Crippen molar-refractivity contribution in [1.82, 2.24) is 0 Å². The molecule has 0 aliphatic carbocycles. The summed E-state index contributed by atoms with van der Waals surface area (Å²) in [5.74, 6) is 0.385. The smallest absolute Gasteiger partial charge is 0.256 e. The molecule has 1 aliphatic heterocycles. The monoisotopic (exact) mass is 407 g/mol. The molecule has 0 unspecified atom stereocenters. The molecule has 1 amide bonds. The summed E-state index contributed by atoms with van der Waals surface area (Å²) in [6, 6.07) is 10.9. The number of rotatable bonds is 3. The summed E-state index contributed by atoms with van der Waals surface area (Å²) < 4.78 is 6.45. The van der Waals surface area contributed by atoms with Crippen LogP contribution in [0.3, 0.4) is 0 Å². The summed E-state index contributed by atoms with van der Waals surface area (Å²) in [6.45, 7) is 2.32. The molecule has 1 aliphatic rings. The predicted octanol–water partition coefficient (Wildman–Crippen LogP) is 3.89. The van der Waals surface area contributed by atoms with Gasteiger partial charge in [0.15, 0.2) is 11.5 Å². The van der Waals surface area contributed by atoms with E-state index in [0.717, 1.165) is 20.4 Å². The second kappa shape index (κ2) is 6.00. The molecule has 0 saturated carbocycles. The highest BCUT2D eigenvalue weighted by Gasteiger charge is 2.24. The van der Waals surface area contributed by atoms with Crippen molar-refractivity contribution in [3.8, 4) is 11.5 Å². The van der Waals surface area contributed by atoms with Gasteiger partial charge < -0.3 is 15.2 Å². The van der Waals surface area contributed by atoms with E-state index in [4.69, 9.17) is 4.74 Å². The number of phenolic OH excluding ortho intramolecular Hbond substituents is 1. The van der Waals surface area contributed by atoms with E-state index in [2.05, 4.69) is 27.9 Å². The fourth-order valence-corrected chi connectivity index (χ4v) is 2.85. The number of phenols is 1. The summed E-state index contributed by atoms with van der Waals surface area (Å²) in [4.78, 5) is 12.2. The number of hydrogen-bond donors (Lipinski definition) is 2. The van der Waals surface area contributed by atoms with Gasteiger partial charge >= 0.3 is 0 Å². The van der Waals surface area contributed by atoms with Crippen LogP contribution in [0.2, 0.25) is 0 Å². The topological polar surface area (TPSA) is 58.6 Å². The normalized spacial score (nSPS) is 14.8. The van der Waals surface area contributed by atoms with Gasteiger partial charge in [-0.25, -0.2) is 0 Å². The van der Waals surface area contributed by atoms with E-state index >= 15 is 0 Å². The molecule has 2 aromatic rings. The van der Waals surface area contributed by atoms with E-state index in [9.17, 15) is 9.90 Å². The van der Waals surface area contributed by atoms with E-state index in [-0.39, 0.29) is 11.7 Å². The van der Waals surface area contributed by atoms with E-state index in [1.807, 2.05) is 25.1 Å². The molecule has 0 radical (unpaired) electrons. The van der Waals surface area contributed by atoms with Gasteiger partial charge in [0.05, 0.1) is 6.61 Å². The zero-order chi connectivity index (χ0) is 15.7. The van der Waals surface area contributed by atoms with E-state index < -0.39 is 0 Å². The third kappa shape index (κ3) is 2.81. The van der Waals surface area contributed by atoms with Crippen molar-refractivity contribution in [2.75, 3.05) is 11.9 Å². The molecule has 0 atom stereocenters. The molecule has 0 saturated heterocycles. The molecular formula is C17H14INO3. The van der Waals surface area contributed by atoms with Crippen LogP contribution in [-0.4, -0.2) is 17.6 Å². The maximum absolute atomic E-state index is 12.2. The maximum Gasteiger partial charge on any atom is 0.256 e. The van der Waals surface area contributed by atoms with Crippen LogP contribution in [0.15, 0.2) is 36.4 Å². The van der Waals surface area contributed by atoms with Gasteiger partial charge in [-0.05, 0) is 71.5 Å². The number of ether oxygens (including phenoxy) is 1. The molecule has 1 heterocycles. The van der Waals surface area contributed by atoms with E-state index in [1.165, 1.54) is 0 Å². The number of halogens is 1. The number of amides is 1. The van der Waals surface area contributed by atoms with Crippen LogP contribution in [0.1, 0.15) is 18.1 Å². The molecule has 22 heavy (non-hydrogen) atoms. The molecule has 0 bridgehead atoms. The lowest BCUT2D eigenvalue weighted by atomic mass is 10.0. The van der Waals surface area contributed by atoms with Gasteiger partial charge in [0, 0.05) is 20.4 Å². The van der Waals surface area contributed by atoms with Crippen LogP contribution < -0.4 is 10.1 Å². The molecule has 0 spiro atoms. The Morgan fingerprint density at radius 1 is 1.27 bits per heavy atom. The maximum atomic E-state index is 12.2. The molecule has 0 fully saturated rings. The summed E-state index contributed by atoms with van der Waals surface area (Å²) in [5, 5.41) is 12.6. The Labute approximate surface area is 141 Å². The average Bonchev–Trinajstić information content (AvgIpc) is 2.79. The Hall–Kier alpha value is -2.02. The minimum atomic E-state index is -0.122. The Kier molecular flexibility index (Phi) is 4.06. The zero-order valence-electron chi connectivity index (χ0n) is 11.9. The molecule has 112 valence electrons. The van der Waals surface area contributed by atoms with Gasteiger partial charge in [0.1, 0.15) is 0 Å². The molecule has 5 heteroatoms. The third-order valence-corrected chi connectivity index (χ3v) is 4.03. The Bertz CT molecular complexity index is 783. The fourth-order valence-electron chi connectivity index (χ4n) is 2.36. The van der Waals surface area contributed by atoms with Crippen molar-refractivity contribution in [1.29, 1.82) is 0 Å². The highest BCUT2D eigenvalue weighted by Crippen LogP contribution is 2.35. The Morgan fingerprint density at radius 2 is 2.09 bits per heavy atom. The predicted molar refractivity (Wildman–Crippen MR) is 94.9 cm³/mol. The average molecular weight is 407 g/mol. The lowest BCUT2D eigenvalue weighted by Gasteiger charge is -2.07. The highest BCUT2D eigenvalue weighted by atomic mass is 127. The number of anilines is 1. The number of nitrogens with one attached hydrogen (secondary N) is 1. The first-order valence-corrected chi connectivity index (χ1v) is 7.95. The summed E-state index contributed by atoms with van der Waals surface area (Å²) in [5.41, 5.74) is 3.13. The number of benzene rings is 2. The van der Waals surface area contributed by atoms with Gasteiger partial charge in [-0.3, -0.25) is 4.79 Å². The first-order chi connectivity index (χ1) is 10.6. The van der Waals surface area contributed by atoms with Crippen LogP contribution in [-0.2, 0) is 4.79 Å². The van der Waals surface area contributed by atoms with Crippen molar-refractivity contribution < 1.29 is 14.6 Å². The van der Waals surface area contributed by atoms with Gasteiger partial charge in [-0.2, -0.15) is 0 Å². The second-order valence-corrected chi connectivity index (χ2v) is 6.11. The van der Waals surface area contributed by atoms with Gasteiger partial charge in [0.25, 0.3) is 5.91 Å². The molecule has 0 aromatic heterocycles. The molecular weight excluding hydrogens is 393 g/mol. The van der Waals surface area contributed by atoms with Gasteiger partial charge in [0.2, 0.25) is 0 Å². The SMILES string of the molecule is CCOc1cc(C=C2C(=O)Nc3ccc(I)cc32)ccc1O.